The number of alkyl halides is 1. The summed E-state index contributed by atoms with van der Waals surface area (Å²) in [6.45, 7) is 4.68. The van der Waals surface area contributed by atoms with E-state index in [0.29, 0.717) is 0 Å². The smallest absolute Gasteiger partial charge is 0.00313 e. The van der Waals surface area contributed by atoms with Gasteiger partial charge in [-0.15, -0.1) is 0 Å². The maximum Gasteiger partial charge on any atom is 0.00313 e. The minimum Gasteiger partial charge on any atom is -0.0928 e. The Bertz CT molecular complexity index is 91.1. The molecule has 1 heteroatoms. The first-order valence-electron chi connectivity index (χ1n) is 5.87. The van der Waals surface area contributed by atoms with Gasteiger partial charge in [0.25, 0.3) is 0 Å². The van der Waals surface area contributed by atoms with Gasteiger partial charge in [-0.05, 0) is 12.3 Å². The molecule has 0 N–H and O–H groups in total. The summed E-state index contributed by atoms with van der Waals surface area (Å²) >= 11 is 3.47. The molecule has 0 heterocycles. The maximum absolute atomic E-state index is 3.47. The van der Waals surface area contributed by atoms with Crippen LogP contribution in [0.4, 0.5) is 0 Å². The van der Waals surface area contributed by atoms with E-state index in [9.17, 15) is 0 Å². The van der Waals surface area contributed by atoms with Crippen LogP contribution in [0, 0.1) is 5.92 Å². The molecule has 0 saturated heterocycles. The lowest BCUT2D eigenvalue weighted by atomic mass is 9.97. The van der Waals surface area contributed by atoms with E-state index in [0.717, 1.165) is 5.92 Å². The van der Waals surface area contributed by atoms with Crippen molar-refractivity contribution < 1.29 is 0 Å². The van der Waals surface area contributed by atoms with Gasteiger partial charge in [0.15, 0.2) is 0 Å². The molecule has 1 unspecified atom stereocenters. The molecule has 0 aliphatic rings. The van der Waals surface area contributed by atoms with Gasteiger partial charge >= 0.3 is 0 Å². The van der Waals surface area contributed by atoms with Crippen molar-refractivity contribution in [3.05, 3.63) is 0 Å². The molecule has 0 amide bonds. The highest BCUT2D eigenvalue weighted by Crippen LogP contribution is 2.16. The van der Waals surface area contributed by atoms with Crippen molar-refractivity contribution in [2.75, 3.05) is 5.33 Å². The molecule has 0 nitrogen and oxygen atoms in total. The zero-order valence-electron chi connectivity index (χ0n) is 9.32. The van der Waals surface area contributed by atoms with Crippen molar-refractivity contribution in [2.24, 2.45) is 5.92 Å². The highest BCUT2D eigenvalue weighted by Gasteiger charge is 2.00. The van der Waals surface area contributed by atoms with Crippen molar-refractivity contribution in [1.82, 2.24) is 0 Å². The van der Waals surface area contributed by atoms with Gasteiger partial charge in [0.2, 0.25) is 0 Å². The van der Waals surface area contributed by atoms with Gasteiger partial charge in [0, 0.05) is 5.33 Å². The van der Waals surface area contributed by atoms with Crippen molar-refractivity contribution >= 4 is 15.9 Å². The monoisotopic (exact) mass is 248 g/mol. The molecule has 80 valence electrons. The maximum atomic E-state index is 3.47. The van der Waals surface area contributed by atoms with E-state index >= 15 is 0 Å². The Morgan fingerprint density at radius 2 is 1.54 bits per heavy atom. The lowest BCUT2D eigenvalue weighted by Gasteiger charge is -2.09. The lowest BCUT2D eigenvalue weighted by molar-refractivity contribution is 0.445. The first-order valence-corrected chi connectivity index (χ1v) is 6.99. The fourth-order valence-corrected chi connectivity index (χ4v) is 2.05. The second kappa shape index (κ2) is 10.6. The Morgan fingerprint density at radius 1 is 0.923 bits per heavy atom. The fourth-order valence-electron chi connectivity index (χ4n) is 1.65. The van der Waals surface area contributed by atoms with Gasteiger partial charge in [0.1, 0.15) is 0 Å². The minimum absolute atomic E-state index is 0.955. The zero-order chi connectivity index (χ0) is 9.94. The molecule has 0 aromatic heterocycles. The fraction of sp³-hybridized carbons (Fsp3) is 1.00. The Morgan fingerprint density at radius 3 is 2.08 bits per heavy atom. The van der Waals surface area contributed by atoms with Crippen molar-refractivity contribution in [1.29, 1.82) is 0 Å². The third-order valence-corrected chi connectivity index (χ3v) is 3.19. The highest BCUT2D eigenvalue weighted by molar-refractivity contribution is 9.09. The van der Waals surface area contributed by atoms with Crippen LogP contribution in [-0.4, -0.2) is 5.33 Å². The molecule has 0 fully saturated rings. The van der Waals surface area contributed by atoms with Gasteiger partial charge in [-0.25, -0.2) is 0 Å². The Labute approximate surface area is 92.6 Å². The average Bonchev–Trinajstić information content (AvgIpc) is 2.13. The third kappa shape index (κ3) is 10.4. The number of hydrogen-bond donors (Lipinski definition) is 0. The summed E-state index contributed by atoms with van der Waals surface area (Å²) in [5, 5.41) is 1.18. The van der Waals surface area contributed by atoms with Crippen LogP contribution in [0.3, 0.4) is 0 Å². The Kier molecular flexibility index (Phi) is 11.0. The second-order valence-corrected chi connectivity index (χ2v) is 4.93. The number of rotatable bonds is 9. The molecule has 0 bridgehead atoms. The number of halogens is 1. The van der Waals surface area contributed by atoms with Gasteiger partial charge in [-0.1, -0.05) is 74.7 Å². The van der Waals surface area contributed by atoms with E-state index < -0.39 is 0 Å². The quantitative estimate of drug-likeness (QED) is 0.391. The van der Waals surface area contributed by atoms with Crippen molar-refractivity contribution in [3.8, 4) is 0 Å². The molecule has 0 aliphatic carbocycles. The molecule has 0 radical (unpaired) electrons. The van der Waals surface area contributed by atoms with Gasteiger partial charge in [-0.2, -0.15) is 0 Å². The summed E-state index contributed by atoms with van der Waals surface area (Å²) in [4.78, 5) is 0. The van der Waals surface area contributed by atoms with Crippen molar-refractivity contribution in [3.63, 3.8) is 0 Å². The van der Waals surface area contributed by atoms with Crippen LogP contribution in [0.2, 0.25) is 0 Å². The van der Waals surface area contributed by atoms with Crippen LogP contribution >= 0.6 is 15.9 Å². The van der Waals surface area contributed by atoms with E-state index in [-0.39, 0.29) is 0 Å². The van der Waals surface area contributed by atoms with Crippen LogP contribution in [0.25, 0.3) is 0 Å². The summed E-state index contributed by atoms with van der Waals surface area (Å²) in [7, 11) is 0. The van der Waals surface area contributed by atoms with Crippen LogP contribution < -0.4 is 0 Å². The number of unbranched alkanes of at least 4 members (excludes halogenated alkanes) is 4. The van der Waals surface area contributed by atoms with Crippen LogP contribution in [-0.2, 0) is 0 Å². The molecule has 0 aliphatic heterocycles. The summed E-state index contributed by atoms with van der Waals surface area (Å²) < 4.78 is 0. The second-order valence-electron chi connectivity index (χ2n) is 4.14. The predicted octanol–water partition coefficient (Wildman–Crippen LogP) is 5.16. The van der Waals surface area contributed by atoms with Gasteiger partial charge in [0.05, 0.1) is 0 Å². The summed E-state index contributed by atoms with van der Waals surface area (Å²) in [6.07, 6.45) is 11.3. The van der Waals surface area contributed by atoms with E-state index in [1.165, 1.54) is 56.7 Å². The Balaban J connectivity index is 3.05. The summed E-state index contributed by atoms with van der Waals surface area (Å²) in [5.41, 5.74) is 0. The molecule has 1 atom stereocenters. The van der Waals surface area contributed by atoms with Crippen LogP contribution in [0.5, 0.6) is 0 Å². The lowest BCUT2D eigenvalue weighted by Crippen LogP contribution is -1.95. The topological polar surface area (TPSA) is 0 Å². The first kappa shape index (κ1) is 13.5. The first-order chi connectivity index (χ1) is 6.31. The van der Waals surface area contributed by atoms with E-state index in [2.05, 4.69) is 29.8 Å². The highest BCUT2D eigenvalue weighted by atomic mass is 79.9. The molecular formula is C12H25Br. The molecule has 0 rings (SSSR count). The normalized spacial score (nSPS) is 13.2. The SMILES string of the molecule is CCCCCCC(C)CCCCBr. The molecule has 0 aromatic carbocycles. The summed E-state index contributed by atoms with van der Waals surface area (Å²) in [5.74, 6) is 0.955. The van der Waals surface area contributed by atoms with Crippen LogP contribution in [0.1, 0.15) is 65.2 Å². The molecular weight excluding hydrogens is 224 g/mol. The Hall–Kier alpha value is 0.480. The van der Waals surface area contributed by atoms with Gasteiger partial charge < -0.3 is 0 Å². The largest absolute Gasteiger partial charge is 0.0928 e. The zero-order valence-corrected chi connectivity index (χ0v) is 10.9. The van der Waals surface area contributed by atoms with E-state index in [4.69, 9.17) is 0 Å². The third-order valence-electron chi connectivity index (χ3n) is 2.63. The van der Waals surface area contributed by atoms with Gasteiger partial charge in [-0.3, -0.25) is 0 Å². The predicted molar refractivity (Wildman–Crippen MR) is 65.6 cm³/mol. The standard InChI is InChI=1S/C12H25Br/c1-3-4-5-6-9-12(2)10-7-8-11-13/h12H,3-11H2,1-2H3. The summed E-state index contributed by atoms with van der Waals surface area (Å²) in [6, 6.07) is 0. The van der Waals surface area contributed by atoms with E-state index in [1.54, 1.807) is 0 Å². The van der Waals surface area contributed by atoms with Crippen molar-refractivity contribution in [2.45, 2.75) is 65.2 Å². The minimum atomic E-state index is 0.955. The molecule has 13 heavy (non-hydrogen) atoms. The molecule has 0 aromatic rings. The number of hydrogen-bond acceptors (Lipinski definition) is 0. The average molecular weight is 249 g/mol. The molecule has 0 saturated carbocycles. The van der Waals surface area contributed by atoms with Crippen LogP contribution in [0.15, 0.2) is 0 Å². The van der Waals surface area contributed by atoms with E-state index in [1.807, 2.05) is 0 Å². The molecule has 0 spiro atoms.